The van der Waals surface area contributed by atoms with Crippen molar-refractivity contribution in [3.8, 4) is 0 Å². The third-order valence-electron chi connectivity index (χ3n) is 3.88. The van der Waals surface area contributed by atoms with Crippen molar-refractivity contribution in [3.63, 3.8) is 0 Å². The fraction of sp³-hybridized carbons (Fsp3) is 0.533. The first-order valence-electron chi connectivity index (χ1n) is 6.99. The van der Waals surface area contributed by atoms with Crippen molar-refractivity contribution in [1.82, 2.24) is 5.32 Å². The highest BCUT2D eigenvalue weighted by molar-refractivity contribution is 8.00. The van der Waals surface area contributed by atoms with Gasteiger partial charge in [0.25, 0.3) is 0 Å². The lowest BCUT2D eigenvalue weighted by atomic mass is 9.96. The van der Waals surface area contributed by atoms with Gasteiger partial charge in [0.05, 0.1) is 15.8 Å². The van der Waals surface area contributed by atoms with E-state index in [4.69, 9.17) is 28.9 Å². The maximum atomic E-state index is 12.4. The summed E-state index contributed by atoms with van der Waals surface area (Å²) in [5, 5.41) is 4.05. The van der Waals surface area contributed by atoms with Crippen LogP contribution in [0.25, 0.3) is 0 Å². The van der Waals surface area contributed by atoms with Gasteiger partial charge in [0.1, 0.15) is 0 Å². The molecule has 1 amide bonds. The summed E-state index contributed by atoms with van der Waals surface area (Å²) < 4.78 is 0. The number of carbonyl (C=O) groups is 1. The Balaban J connectivity index is 2.00. The molecule has 3 nitrogen and oxygen atoms in total. The smallest absolute Gasteiger partial charge is 0.233 e. The number of halogens is 2. The lowest BCUT2D eigenvalue weighted by Crippen LogP contribution is -2.54. The van der Waals surface area contributed by atoms with Crippen LogP contribution >= 0.6 is 35.0 Å². The van der Waals surface area contributed by atoms with Crippen molar-refractivity contribution in [2.45, 2.75) is 42.4 Å². The van der Waals surface area contributed by atoms with Gasteiger partial charge in [-0.3, -0.25) is 4.79 Å². The number of carbonyl (C=O) groups excluding carboxylic acids is 1. The molecule has 6 heteroatoms. The first kappa shape index (κ1) is 16.9. The number of hydrogen-bond donors (Lipinski definition) is 2. The molecule has 0 radical (unpaired) electrons. The number of nitrogens with two attached hydrogens (primary N) is 1. The Hall–Kier alpha value is -0.420. The Morgan fingerprint density at radius 2 is 2.19 bits per heavy atom. The van der Waals surface area contributed by atoms with Gasteiger partial charge in [0.15, 0.2) is 0 Å². The summed E-state index contributed by atoms with van der Waals surface area (Å²) in [6.45, 7) is 4.34. The summed E-state index contributed by atoms with van der Waals surface area (Å²) in [6.07, 6.45) is 2.27. The van der Waals surface area contributed by atoms with Crippen LogP contribution in [0.15, 0.2) is 23.1 Å². The highest BCUT2D eigenvalue weighted by Gasteiger charge is 2.42. The molecule has 2 unspecified atom stereocenters. The van der Waals surface area contributed by atoms with Crippen LogP contribution in [-0.2, 0) is 4.79 Å². The number of nitrogens with one attached hydrogen (secondary N) is 1. The van der Waals surface area contributed by atoms with Crippen LogP contribution < -0.4 is 11.1 Å². The Morgan fingerprint density at radius 1 is 1.52 bits per heavy atom. The molecule has 0 heterocycles. The SMILES string of the molecule is CC(Sc1cc(Cl)ccc1Cl)C(=O)NC(C)(CN)C1CC1. The van der Waals surface area contributed by atoms with Gasteiger partial charge in [-0.2, -0.15) is 0 Å². The van der Waals surface area contributed by atoms with Gasteiger partial charge < -0.3 is 11.1 Å². The minimum atomic E-state index is -0.302. The van der Waals surface area contributed by atoms with Crippen LogP contribution in [0.5, 0.6) is 0 Å². The van der Waals surface area contributed by atoms with Crippen LogP contribution in [0.3, 0.4) is 0 Å². The number of benzene rings is 1. The van der Waals surface area contributed by atoms with Crippen molar-refractivity contribution >= 4 is 40.9 Å². The standard InChI is InChI=1S/C15H20Cl2N2OS/c1-9(21-13-7-11(16)5-6-12(13)17)14(20)19-15(2,8-18)10-3-4-10/h5-7,9-10H,3-4,8,18H2,1-2H3,(H,19,20). The molecule has 0 spiro atoms. The minimum Gasteiger partial charge on any atom is -0.348 e. The van der Waals surface area contributed by atoms with Crippen molar-refractivity contribution in [2.75, 3.05) is 6.54 Å². The molecule has 1 aromatic carbocycles. The van der Waals surface area contributed by atoms with Gasteiger partial charge in [-0.1, -0.05) is 23.2 Å². The van der Waals surface area contributed by atoms with E-state index in [0.29, 0.717) is 22.5 Å². The van der Waals surface area contributed by atoms with E-state index in [1.807, 2.05) is 13.8 Å². The second-order valence-corrected chi connectivity index (χ2v) is 7.95. The van der Waals surface area contributed by atoms with Crippen LogP contribution in [0, 0.1) is 5.92 Å². The van der Waals surface area contributed by atoms with E-state index in [1.165, 1.54) is 11.8 Å². The van der Waals surface area contributed by atoms with Gasteiger partial charge in [-0.25, -0.2) is 0 Å². The second kappa shape index (κ2) is 6.78. The monoisotopic (exact) mass is 346 g/mol. The molecule has 1 aliphatic carbocycles. The molecule has 21 heavy (non-hydrogen) atoms. The normalized spacial score (nSPS) is 18.9. The predicted molar refractivity (Wildman–Crippen MR) is 90.1 cm³/mol. The maximum absolute atomic E-state index is 12.4. The van der Waals surface area contributed by atoms with Crippen molar-refractivity contribution in [2.24, 2.45) is 11.7 Å². The van der Waals surface area contributed by atoms with Crippen molar-refractivity contribution in [3.05, 3.63) is 28.2 Å². The number of hydrogen-bond acceptors (Lipinski definition) is 3. The first-order valence-corrected chi connectivity index (χ1v) is 8.63. The Morgan fingerprint density at radius 3 is 2.76 bits per heavy atom. The van der Waals surface area contributed by atoms with Crippen LogP contribution in [0.1, 0.15) is 26.7 Å². The molecule has 2 rings (SSSR count). The van der Waals surface area contributed by atoms with E-state index in [-0.39, 0.29) is 16.7 Å². The van der Waals surface area contributed by atoms with Crippen LogP contribution in [0.4, 0.5) is 0 Å². The zero-order valence-electron chi connectivity index (χ0n) is 12.2. The molecule has 0 aliphatic heterocycles. The molecular formula is C15H20Cl2N2OS. The van der Waals surface area contributed by atoms with Gasteiger partial charge in [-0.05, 0) is 50.8 Å². The number of amides is 1. The number of thioether (sulfide) groups is 1. The minimum absolute atomic E-state index is 0.0177. The van der Waals surface area contributed by atoms with Gasteiger partial charge in [0, 0.05) is 16.5 Å². The highest BCUT2D eigenvalue weighted by Crippen LogP contribution is 2.39. The van der Waals surface area contributed by atoms with E-state index in [1.54, 1.807) is 18.2 Å². The van der Waals surface area contributed by atoms with Gasteiger partial charge in [-0.15, -0.1) is 11.8 Å². The maximum Gasteiger partial charge on any atom is 0.233 e. The van der Waals surface area contributed by atoms with E-state index in [9.17, 15) is 4.79 Å². The molecular weight excluding hydrogens is 327 g/mol. The lowest BCUT2D eigenvalue weighted by molar-refractivity contribution is -0.122. The molecule has 1 fully saturated rings. The fourth-order valence-electron chi connectivity index (χ4n) is 2.23. The summed E-state index contributed by atoms with van der Waals surface area (Å²) in [5.74, 6) is 0.481. The van der Waals surface area contributed by atoms with Gasteiger partial charge in [0.2, 0.25) is 5.91 Å². The summed E-state index contributed by atoms with van der Waals surface area (Å²) in [6, 6.07) is 5.25. The Bertz CT molecular complexity index is 536. The van der Waals surface area contributed by atoms with Crippen molar-refractivity contribution in [1.29, 1.82) is 0 Å². The van der Waals surface area contributed by atoms with E-state index >= 15 is 0 Å². The quantitative estimate of drug-likeness (QED) is 0.771. The molecule has 2 atom stereocenters. The summed E-state index contributed by atoms with van der Waals surface area (Å²) >= 11 is 13.5. The zero-order chi connectivity index (χ0) is 15.6. The molecule has 1 saturated carbocycles. The second-order valence-electron chi connectivity index (χ2n) is 5.72. The lowest BCUT2D eigenvalue weighted by Gasteiger charge is -2.30. The average Bonchev–Trinajstić information content (AvgIpc) is 3.27. The first-order chi connectivity index (χ1) is 9.85. The van der Waals surface area contributed by atoms with Gasteiger partial charge >= 0.3 is 0 Å². The van der Waals surface area contributed by atoms with Crippen molar-refractivity contribution < 1.29 is 4.79 Å². The molecule has 0 saturated heterocycles. The van der Waals surface area contributed by atoms with E-state index in [0.717, 1.165) is 17.7 Å². The number of rotatable bonds is 6. The molecule has 116 valence electrons. The third-order valence-corrected chi connectivity index (χ3v) is 5.71. The summed E-state index contributed by atoms with van der Waals surface area (Å²) in [4.78, 5) is 13.2. The Labute approximate surface area is 139 Å². The topological polar surface area (TPSA) is 55.1 Å². The average molecular weight is 347 g/mol. The third kappa shape index (κ3) is 4.28. The van der Waals surface area contributed by atoms with Crippen LogP contribution in [-0.4, -0.2) is 23.2 Å². The highest BCUT2D eigenvalue weighted by atomic mass is 35.5. The van der Waals surface area contributed by atoms with Crippen LogP contribution in [0.2, 0.25) is 10.0 Å². The molecule has 1 aliphatic rings. The molecule has 3 N–H and O–H groups in total. The predicted octanol–water partition coefficient (Wildman–Crippen LogP) is 3.72. The summed E-state index contributed by atoms with van der Waals surface area (Å²) in [5.41, 5.74) is 5.53. The fourth-order valence-corrected chi connectivity index (χ4v) is 3.65. The zero-order valence-corrected chi connectivity index (χ0v) is 14.5. The molecule has 0 bridgehead atoms. The molecule has 1 aromatic rings. The Kier molecular flexibility index (Phi) is 5.47. The summed E-state index contributed by atoms with van der Waals surface area (Å²) in [7, 11) is 0. The van der Waals surface area contributed by atoms with E-state index < -0.39 is 0 Å². The van der Waals surface area contributed by atoms with E-state index in [2.05, 4.69) is 5.32 Å². The molecule has 0 aromatic heterocycles. The largest absolute Gasteiger partial charge is 0.348 e.